The lowest BCUT2D eigenvalue weighted by Crippen LogP contribution is -2.20. The quantitative estimate of drug-likeness (QED) is 0.709. The third kappa shape index (κ3) is 5.14. The molecule has 4 nitrogen and oxygen atoms in total. The minimum Gasteiger partial charge on any atom is -0.299 e. The Kier molecular flexibility index (Phi) is 5.89. The standard InChI is InChI=1S/C20H25NO3S/c1-17-7-9-20(10-8-17)25(22,23)24-14-12-19-11-13-21(16-19)15-18-5-3-2-4-6-18/h2-10,19H,11-16H2,1H3/t19-/m1/s1. The molecule has 0 unspecified atom stereocenters. The molecular formula is C20H25NO3S. The van der Waals surface area contributed by atoms with Gasteiger partial charge in [-0.15, -0.1) is 0 Å². The van der Waals surface area contributed by atoms with Gasteiger partial charge in [0.15, 0.2) is 0 Å². The van der Waals surface area contributed by atoms with Crippen LogP contribution in [0.3, 0.4) is 0 Å². The summed E-state index contributed by atoms with van der Waals surface area (Å²) >= 11 is 0. The molecule has 1 fully saturated rings. The number of aryl methyl sites for hydroxylation is 1. The predicted molar refractivity (Wildman–Crippen MR) is 98.8 cm³/mol. The van der Waals surface area contributed by atoms with Gasteiger partial charge in [0.2, 0.25) is 0 Å². The van der Waals surface area contributed by atoms with Crippen molar-refractivity contribution in [3.8, 4) is 0 Å². The summed E-state index contributed by atoms with van der Waals surface area (Å²) in [6.45, 7) is 5.20. The van der Waals surface area contributed by atoms with E-state index in [1.165, 1.54) is 5.56 Å². The summed E-state index contributed by atoms with van der Waals surface area (Å²) in [6.07, 6.45) is 1.87. The third-order valence-electron chi connectivity index (χ3n) is 4.69. The van der Waals surface area contributed by atoms with Crippen molar-refractivity contribution in [2.75, 3.05) is 19.7 Å². The van der Waals surface area contributed by atoms with Crippen molar-refractivity contribution in [1.82, 2.24) is 4.90 Å². The molecule has 0 bridgehead atoms. The van der Waals surface area contributed by atoms with Crippen LogP contribution >= 0.6 is 0 Å². The summed E-state index contributed by atoms with van der Waals surface area (Å²) in [5.41, 5.74) is 2.35. The van der Waals surface area contributed by atoms with Crippen LogP contribution < -0.4 is 0 Å². The summed E-state index contributed by atoms with van der Waals surface area (Å²) in [5.74, 6) is 0.497. The van der Waals surface area contributed by atoms with Crippen LogP contribution in [0.4, 0.5) is 0 Å². The van der Waals surface area contributed by atoms with Crippen molar-refractivity contribution < 1.29 is 12.6 Å². The second-order valence-corrected chi connectivity index (χ2v) is 8.37. The van der Waals surface area contributed by atoms with Crippen LogP contribution in [0, 0.1) is 12.8 Å². The van der Waals surface area contributed by atoms with Gasteiger partial charge in [-0.25, -0.2) is 0 Å². The van der Waals surface area contributed by atoms with E-state index in [4.69, 9.17) is 4.18 Å². The number of hydrogen-bond acceptors (Lipinski definition) is 4. The minimum absolute atomic E-state index is 0.232. The number of benzene rings is 2. The number of likely N-dealkylation sites (tertiary alicyclic amines) is 1. The third-order valence-corrected chi connectivity index (χ3v) is 6.02. The van der Waals surface area contributed by atoms with Gasteiger partial charge in [-0.2, -0.15) is 8.42 Å². The highest BCUT2D eigenvalue weighted by Crippen LogP contribution is 2.22. The van der Waals surface area contributed by atoms with Crippen molar-refractivity contribution in [1.29, 1.82) is 0 Å². The topological polar surface area (TPSA) is 46.6 Å². The summed E-state index contributed by atoms with van der Waals surface area (Å²) in [6, 6.07) is 17.2. The number of rotatable bonds is 7. The zero-order valence-electron chi connectivity index (χ0n) is 14.6. The van der Waals surface area contributed by atoms with E-state index in [2.05, 4.69) is 29.2 Å². The lowest BCUT2D eigenvalue weighted by Gasteiger charge is -2.16. The first kappa shape index (κ1) is 18.1. The first-order valence-corrected chi connectivity index (χ1v) is 10.2. The fourth-order valence-corrected chi connectivity index (χ4v) is 4.15. The zero-order valence-corrected chi connectivity index (χ0v) is 15.4. The van der Waals surface area contributed by atoms with Crippen molar-refractivity contribution in [2.45, 2.75) is 31.2 Å². The van der Waals surface area contributed by atoms with E-state index in [1.54, 1.807) is 24.3 Å². The number of hydrogen-bond donors (Lipinski definition) is 0. The van der Waals surface area contributed by atoms with Crippen molar-refractivity contribution in [3.63, 3.8) is 0 Å². The molecule has 3 rings (SSSR count). The fourth-order valence-electron chi connectivity index (χ4n) is 3.23. The first-order valence-electron chi connectivity index (χ1n) is 8.75. The molecule has 0 spiro atoms. The molecule has 134 valence electrons. The summed E-state index contributed by atoms with van der Waals surface area (Å²) in [5, 5.41) is 0. The molecule has 1 aliphatic heterocycles. The minimum atomic E-state index is -3.64. The predicted octanol–water partition coefficient (Wildman–Crippen LogP) is 3.61. The molecule has 1 aliphatic rings. The number of nitrogens with zero attached hydrogens (tertiary/aromatic N) is 1. The smallest absolute Gasteiger partial charge is 0.296 e. The second kappa shape index (κ2) is 8.13. The van der Waals surface area contributed by atoms with E-state index in [0.29, 0.717) is 5.92 Å². The van der Waals surface area contributed by atoms with Gasteiger partial charge >= 0.3 is 0 Å². The molecule has 1 atom stereocenters. The van der Waals surface area contributed by atoms with Gasteiger partial charge in [0.05, 0.1) is 11.5 Å². The average molecular weight is 359 g/mol. The van der Waals surface area contributed by atoms with Gasteiger partial charge in [0.25, 0.3) is 10.1 Å². The normalized spacial score (nSPS) is 18.5. The van der Waals surface area contributed by atoms with E-state index in [-0.39, 0.29) is 11.5 Å². The highest BCUT2D eigenvalue weighted by molar-refractivity contribution is 7.86. The molecule has 1 saturated heterocycles. The van der Waals surface area contributed by atoms with Crippen LogP contribution in [0.1, 0.15) is 24.0 Å². The van der Waals surface area contributed by atoms with Gasteiger partial charge in [-0.3, -0.25) is 9.08 Å². The Morgan fingerprint density at radius 2 is 1.80 bits per heavy atom. The molecule has 2 aromatic rings. The molecule has 1 heterocycles. The summed E-state index contributed by atoms with van der Waals surface area (Å²) in [4.78, 5) is 2.66. The van der Waals surface area contributed by atoms with Crippen molar-refractivity contribution >= 4 is 10.1 Å². The van der Waals surface area contributed by atoms with Crippen LogP contribution in [-0.2, 0) is 20.8 Å². The van der Waals surface area contributed by atoms with E-state index in [1.807, 2.05) is 13.0 Å². The monoisotopic (exact) mass is 359 g/mol. The Hall–Kier alpha value is -1.69. The zero-order chi connectivity index (χ0) is 17.7. The van der Waals surface area contributed by atoms with E-state index >= 15 is 0 Å². The van der Waals surface area contributed by atoms with E-state index in [9.17, 15) is 8.42 Å². The lowest BCUT2D eigenvalue weighted by atomic mass is 10.1. The summed E-state index contributed by atoms with van der Waals surface area (Å²) in [7, 11) is -3.64. The van der Waals surface area contributed by atoms with Crippen molar-refractivity contribution in [3.05, 3.63) is 65.7 Å². The Bertz CT molecular complexity index is 772. The average Bonchev–Trinajstić information content (AvgIpc) is 3.03. The Morgan fingerprint density at radius 3 is 2.52 bits per heavy atom. The van der Waals surface area contributed by atoms with E-state index < -0.39 is 10.1 Å². The van der Waals surface area contributed by atoms with Crippen LogP contribution in [0.15, 0.2) is 59.5 Å². The Morgan fingerprint density at radius 1 is 1.08 bits per heavy atom. The SMILES string of the molecule is Cc1ccc(S(=O)(=O)OCC[C@H]2CCN(Cc3ccccc3)C2)cc1. The molecule has 0 saturated carbocycles. The van der Waals surface area contributed by atoms with Crippen LogP contribution in [-0.4, -0.2) is 33.0 Å². The lowest BCUT2D eigenvalue weighted by molar-refractivity contribution is 0.269. The maximum absolute atomic E-state index is 12.2. The van der Waals surface area contributed by atoms with Crippen molar-refractivity contribution in [2.24, 2.45) is 5.92 Å². The van der Waals surface area contributed by atoms with Gasteiger partial charge in [0, 0.05) is 13.1 Å². The molecule has 25 heavy (non-hydrogen) atoms. The van der Waals surface area contributed by atoms with Gasteiger partial charge in [-0.05, 0) is 49.9 Å². The van der Waals surface area contributed by atoms with Gasteiger partial charge in [-0.1, -0.05) is 48.0 Å². The highest BCUT2D eigenvalue weighted by atomic mass is 32.2. The maximum Gasteiger partial charge on any atom is 0.296 e. The molecule has 0 amide bonds. The second-order valence-electron chi connectivity index (χ2n) is 6.75. The maximum atomic E-state index is 12.2. The molecular weight excluding hydrogens is 334 g/mol. The van der Waals surface area contributed by atoms with E-state index in [0.717, 1.165) is 38.0 Å². The molecule has 0 N–H and O–H groups in total. The van der Waals surface area contributed by atoms with Crippen LogP contribution in [0.2, 0.25) is 0 Å². The largest absolute Gasteiger partial charge is 0.299 e. The molecule has 0 radical (unpaired) electrons. The Balaban J connectivity index is 1.44. The molecule has 0 aliphatic carbocycles. The molecule has 2 aromatic carbocycles. The highest BCUT2D eigenvalue weighted by Gasteiger charge is 2.23. The van der Waals surface area contributed by atoms with Crippen LogP contribution in [0.25, 0.3) is 0 Å². The van der Waals surface area contributed by atoms with Crippen LogP contribution in [0.5, 0.6) is 0 Å². The molecule has 0 aromatic heterocycles. The van der Waals surface area contributed by atoms with Gasteiger partial charge in [0.1, 0.15) is 0 Å². The van der Waals surface area contributed by atoms with Gasteiger partial charge < -0.3 is 0 Å². The molecule has 5 heteroatoms. The fraction of sp³-hybridized carbons (Fsp3) is 0.400. The summed E-state index contributed by atoms with van der Waals surface area (Å²) < 4.78 is 29.6. The first-order chi connectivity index (χ1) is 12.0. The Labute approximate surface area is 150 Å².